The van der Waals surface area contributed by atoms with Crippen LogP contribution in [0.3, 0.4) is 0 Å². The van der Waals surface area contributed by atoms with E-state index < -0.39 is 12.0 Å². The first-order chi connectivity index (χ1) is 6.50. The van der Waals surface area contributed by atoms with Crippen LogP contribution in [-0.4, -0.2) is 22.2 Å². The predicted octanol–water partition coefficient (Wildman–Crippen LogP) is 1.53. The molecule has 0 saturated heterocycles. The van der Waals surface area contributed by atoms with Crippen LogP contribution in [0.15, 0.2) is 22.7 Å². The zero-order valence-corrected chi connectivity index (χ0v) is 10.1. The van der Waals surface area contributed by atoms with Crippen molar-refractivity contribution in [2.45, 2.75) is 12.5 Å². The fourth-order valence-corrected chi connectivity index (χ4v) is 1.44. The minimum absolute atomic E-state index is 0. The van der Waals surface area contributed by atoms with Crippen molar-refractivity contribution in [3.05, 3.63) is 28.2 Å². The Kier molecular flexibility index (Phi) is 5.64. The van der Waals surface area contributed by atoms with E-state index in [-0.39, 0.29) is 24.6 Å². The van der Waals surface area contributed by atoms with Gasteiger partial charge in [-0.25, -0.2) is 0 Å². The molecule has 0 amide bonds. The molecule has 0 aromatic heterocycles. The lowest BCUT2D eigenvalue weighted by Crippen LogP contribution is -2.32. The zero-order chi connectivity index (χ0) is 10.7. The van der Waals surface area contributed by atoms with Crippen molar-refractivity contribution in [3.63, 3.8) is 0 Å². The number of aliphatic carboxylic acids is 1. The highest BCUT2D eigenvalue weighted by atomic mass is 79.9. The first-order valence-electron chi connectivity index (χ1n) is 3.96. The van der Waals surface area contributed by atoms with Crippen molar-refractivity contribution < 1.29 is 15.0 Å². The monoisotopic (exact) mass is 295 g/mol. The van der Waals surface area contributed by atoms with E-state index in [2.05, 4.69) is 15.9 Å². The second-order valence-electron chi connectivity index (χ2n) is 2.93. The van der Waals surface area contributed by atoms with E-state index in [0.29, 0.717) is 4.47 Å². The molecule has 0 fully saturated rings. The number of carbonyl (C=O) groups is 1. The van der Waals surface area contributed by atoms with Crippen LogP contribution in [0, 0.1) is 0 Å². The lowest BCUT2D eigenvalue weighted by atomic mass is 10.1. The summed E-state index contributed by atoms with van der Waals surface area (Å²) in [6, 6.07) is 3.88. The van der Waals surface area contributed by atoms with Gasteiger partial charge in [-0.15, -0.1) is 12.4 Å². The predicted molar refractivity (Wildman–Crippen MR) is 62.4 cm³/mol. The van der Waals surface area contributed by atoms with Crippen molar-refractivity contribution >= 4 is 34.3 Å². The van der Waals surface area contributed by atoms with Gasteiger partial charge in [0.25, 0.3) is 0 Å². The molecule has 15 heavy (non-hydrogen) atoms. The van der Waals surface area contributed by atoms with Gasteiger partial charge in [0.2, 0.25) is 0 Å². The Morgan fingerprint density at radius 3 is 2.60 bits per heavy atom. The number of halogens is 2. The highest BCUT2D eigenvalue weighted by Gasteiger charge is 2.12. The Balaban J connectivity index is 0.00000196. The van der Waals surface area contributed by atoms with Crippen molar-refractivity contribution in [3.8, 4) is 5.75 Å². The fourth-order valence-electron chi connectivity index (χ4n) is 1.02. The van der Waals surface area contributed by atoms with Crippen LogP contribution >= 0.6 is 28.3 Å². The van der Waals surface area contributed by atoms with Crippen LogP contribution in [-0.2, 0) is 11.2 Å². The van der Waals surface area contributed by atoms with Crippen molar-refractivity contribution in [2.24, 2.45) is 5.73 Å². The Bertz CT molecular complexity index is 359. The van der Waals surface area contributed by atoms with Gasteiger partial charge in [0.1, 0.15) is 11.8 Å². The standard InChI is InChI=1S/C9H10BrNO3.ClH/c10-6-3-5(1-2-8(6)12)4-7(11)9(13)14;/h1-3,7,12H,4,11H2,(H,13,14);1H. The molecule has 0 aliphatic carbocycles. The minimum atomic E-state index is -1.03. The Hall–Kier alpha value is -0.780. The summed E-state index contributed by atoms with van der Waals surface area (Å²) in [7, 11) is 0. The maximum atomic E-state index is 10.5. The van der Waals surface area contributed by atoms with Gasteiger partial charge in [-0.2, -0.15) is 0 Å². The summed E-state index contributed by atoms with van der Waals surface area (Å²) in [4.78, 5) is 10.5. The second-order valence-corrected chi connectivity index (χ2v) is 3.79. The quantitative estimate of drug-likeness (QED) is 0.790. The Morgan fingerprint density at radius 1 is 1.53 bits per heavy atom. The third-order valence-electron chi connectivity index (χ3n) is 1.78. The topological polar surface area (TPSA) is 83.5 Å². The number of benzene rings is 1. The summed E-state index contributed by atoms with van der Waals surface area (Å²) in [5, 5.41) is 17.8. The number of phenolic OH excluding ortho intramolecular Hbond substituents is 1. The molecule has 0 bridgehead atoms. The summed E-state index contributed by atoms with van der Waals surface area (Å²) in [6.45, 7) is 0. The molecule has 1 aromatic carbocycles. The molecule has 0 saturated carbocycles. The van der Waals surface area contributed by atoms with Crippen molar-refractivity contribution in [1.29, 1.82) is 0 Å². The van der Waals surface area contributed by atoms with Gasteiger partial charge in [0.05, 0.1) is 4.47 Å². The molecular weight excluding hydrogens is 285 g/mol. The average molecular weight is 297 g/mol. The van der Waals surface area contributed by atoms with Gasteiger partial charge in [-0.3, -0.25) is 4.79 Å². The van der Waals surface area contributed by atoms with E-state index in [4.69, 9.17) is 10.8 Å². The van der Waals surface area contributed by atoms with Crippen LogP contribution in [0.25, 0.3) is 0 Å². The molecule has 1 atom stereocenters. The van der Waals surface area contributed by atoms with Gasteiger partial charge in [-0.05, 0) is 40.0 Å². The molecule has 0 radical (unpaired) electrons. The Labute approximate surface area is 102 Å². The van der Waals surface area contributed by atoms with Crippen LogP contribution in [0.1, 0.15) is 5.56 Å². The molecule has 6 heteroatoms. The molecule has 0 aliphatic heterocycles. The van der Waals surface area contributed by atoms with Crippen molar-refractivity contribution in [1.82, 2.24) is 0 Å². The van der Waals surface area contributed by atoms with Gasteiger partial charge in [-0.1, -0.05) is 6.07 Å². The first-order valence-corrected chi connectivity index (χ1v) is 4.76. The zero-order valence-electron chi connectivity index (χ0n) is 7.68. The number of rotatable bonds is 3. The van der Waals surface area contributed by atoms with Crippen molar-refractivity contribution in [2.75, 3.05) is 0 Å². The molecule has 0 heterocycles. The molecule has 4 N–H and O–H groups in total. The normalized spacial score (nSPS) is 11.6. The number of aromatic hydroxyl groups is 1. The molecular formula is C9H11BrClNO3. The van der Waals surface area contributed by atoms with Crippen LogP contribution < -0.4 is 5.73 Å². The SMILES string of the molecule is Cl.NC(Cc1ccc(O)c(Br)c1)C(=O)O. The molecule has 4 nitrogen and oxygen atoms in total. The summed E-state index contributed by atoms with van der Waals surface area (Å²) in [5.41, 5.74) is 6.13. The number of hydrogen-bond acceptors (Lipinski definition) is 3. The number of carboxylic acids is 1. The number of phenols is 1. The minimum Gasteiger partial charge on any atom is -0.507 e. The highest BCUT2D eigenvalue weighted by molar-refractivity contribution is 9.10. The van der Waals surface area contributed by atoms with Gasteiger partial charge < -0.3 is 15.9 Å². The molecule has 84 valence electrons. The average Bonchev–Trinajstić information content (AvgIpc) is 2.11. The van der Waals surface area contributed by atoms with E-state index in [1.807, 2.05) is 0 Å². The molecule has 1 rings (SSSR count). The van der Waals surface area contributed by atoms with E-state index >= 15 is 0 Å². The van der Waals surface area contributed by atoms with Crippen LogP contribution in [0.5, 0.6) is 5.75 Å². The molecule has 0 spiro atoms. The third kappa shape index (κ3) is 4.07. The van der Waals surface area contributed by atoms with Crippen LogP contribution in [0.2, 0.25) is 0 Å². The van der Waals surface area contributed by atoms with E-state index in [1.54, 1.807) is 12.1 Å². The third-order valence-corrected chi connectivity index (χ3v) is 2.42. The lowest BCUT2D eigenvalue weighted by molar-refractivity contribution is -0.138. The van der Waals surface area contributed by atoms with E-state index in [9.17, 15) is 9.90 Å². The van der Waals surface area contributed by atoms with Crippen LogP contribution in [0.4, 0.5) is 0 Å². The summed E-state index contributed by atoms with van der Waals surface area (Å²) in [5.74, 6) is -0.910. The fraction of sp³-hybridized carbons (Fsp3) is 0.222. The first kappa shape index (κ1) is 14.2. The molecule has 1 aromatic rings. The Morgan fingerprint density at radius 2 is 2.13 bits per heavy atom. The second kappa shape index (κ2) is 5.95. The number of nitrogens with two attached hydrogens (primary N) is 1. The molecule has 0 aliphatic rings. The maximum absolute atomic E-state index is 10.5. The summed E-state index contributed by atoms with van der Waals surface area (Å²) in [6.07, 6.45) is 0.244. The summed E-state index contributed by atoms with van der Waals surface area (Å²) < 4.78 is 0.535. The number of carboxylic acid groups (broad SMARTS) is 1. The maximum Gasteiger partial charge on any atom is 0.320 e. The summed E-state index contributed by atoms with van der Waals surface area (Å²) >= 11 is 3.13. The van der Waals surface area contributed by atoms with E-state index in [0.717, 1.165) is 5.56 Å². The lowest BCUT2D eigenvalue weighted by Gasteiger charge is -2.07. The molecule has 1 unspecified atom stereocenters. The largest absolute Gasteiger partial charge is 0.507 e. The van der Waals surface area contributed by atoms with Gasteiger partial charge >= 0.3 is 5.97 Å². The van der Waals surface area contributed by atoms with Gasteiger partial charge in [0, 0.05) is 0 Å². The number of hydrogen-bond donors (Lipinski definition) is 3. The van der Waals surface area contributed by atoms with Gasteiger partial charge in [0.15, 0.2) is 0 Å². The van der Waals surface area contributed by atoms with E-state index in [1.165, 1.54) is 6.07 Å². The highest BCUT2D eigenvalue weighted by Crippen LogP contribution is 2.24. The smallest absolute Gasteiger partial charge is 0.320 e.